The molecule has 0 aliphatic rings. The Kier molecular flexibility index (Phi) is 5.65. The minimum Gasteiger partial charge on any atom is -0.494 e. The zero-order valence-electron chi connectivity index (χ0n) is 13.0. The molecule has 0 unspecified atom stereocenters. The fourth-order valence-electron chi connectivity index (χ4n) is 1.94. The topological polar surface area (TPSA) is 67.4 Å². The van der Waals surface area contributed by atoms with Gasteiger partial charge in [0, 0.05) is 17.9 Å². The van der Waals surface area contributed by atoms with E-state index in [-0.39, 0.29) is 4.90 Å². The van der Waals surface area contributed by atoms with Gasteiger partial charge in [0.25, 0.3) is 10.0 Å². The lowest BCUT2D eigenvalue weighted by molar-refractivity contribution is 0.340. The standard InChI is InChI=1S/C17H20N2O3S/c1-3-13-18-14-5-7-15(8-6-14)19-23(20,21)17-11-9-16(10-12-17)22-4-2/h3,5-12,18-19H,1,4,13H2,2H3. The first kappa shape index (κ1) is 16.9. The summed E-state index contributed by atoms with van der Waals surface area (Å²) in [5.74, 6) is 0.643. The molecule has 0 aromatic heterocycles. The Morgan fingerprint density at radius 2 is 1.65 bits per heavy atom. The number of hydrogen-bond acceptors (Lipinski definition) is 4. The average molecular weight is 332 g/mol. The lowest BCUT2D eigenvalue weighted by atomic mass is 10.3. The van der Waals surface area contributed by atoms with Crippen molar-refractivity contribution in [1.82, 2.24) is 0 Å². The van der Waals surface area contributed by atoms with E-state index in [1.165, 1.54) is 12.1 Å². The maximum absolute atomic E-state index is 12.3. The van der Waals surface area contributed by atoms with Crippen molar-refractivity contribution in [3.63, 3.8) is 0 Å². The number of hydrogen-bond donors (Lipinski definition) is 2. The fourth-order valence-corrected chi connectivity index (χ4v) is 3.00. The summed E-state index contributed by atoms with van der Waals surface area (Å²) in [5.41, 5.74) is 1.40. The van der Waals surface area contributed by atoms with Crippen LogP contribution in [-0.2, 0) is 10.0 Å². The predicted octanol–water partition coefficient (Wildman–Crippen LogP) is 3.48. The van der Waals surface area contributed by atoms with Crippen LogP contribution in [0.4, 0.5) is 11.4 Å². The number of benzene rings is 2. The molecular weight excluding hydrogens is 312 g/mol. The highest BCUT2D eigenvalue weighted by Crippen LogP contribution is 2.20. The van der Waals surface area contributed by atoms with E-state index < -0.39 is 10.0 Å². The Morgan fingerprint density at radius 3 is 2.22 bits per heavy atom. The maximum Gasteiger partial charge on any atom is 0.261 e. The molecule has 0 fully saturated rings. The Bertz CT molecular complexity index is 738. The maximum atomic E-state index is 12.3. The molecule has 2 aromatic carbocycles. The first-order valence-electron chi connectivity index (χ1n) is 7.25. The summed E-state index contributed by atoms with van der Waals surface area (Å²) < 4.78 is 32.6. The van der Waals surface area contributed by atoms with Crippen LogP contribution < -0.4 is 14.8 Å². The van der Waals surface area contributed by atoms with E-state index in [9.17, 15) is 8.42 Å². The van der Waals surface area contributed by atoms with Gasteiger partial charge in [-0.1, -0.05) is 6.08 Å². The Labute approximate surface area is 137 Å². The molecule has 122 valence electrons. The highest BCUT2D eigenvalue weighted by Gasteiger charge is 2.14. The molecule has 2 aromatic rings. The van der Waals surface area contributed by atoms with Gasteiger partial charge in [0.1, 0.15) is 5.75 Å². The van der Waals surface area contributed by atoms with E-state index in [1.54, 1.807) is 42.5 Å². The van der Waals surface area contributed by atoms with Crippen LogP contribution in [0.2, 0.25) is 0 Å². The number of sulfonamides is 1. The predicted molar refractivity (Wildman–Crippen MR) is 93.5 cm³/mol. The summed E-state index contributed by atoms with van der Waals surface area (Å²) in [5, 5.41) is 3.13. The first-order chi connectivity index (χ1) is 11.0. The Morgan fingerprint density at radius 1 is 1.04 bits per heavy atom. The van der Waals surface area contributed by atoms with Gasteiger partial charge in [0.15, 0.2) is 0 Å². The van der Waals surface area contributed by atoms with Gasteiger partial charge < -0.3 is 10.1 Å². The van der Waals surface area contributed by atoms with Crippen molar-refractivity contribution < 1.29 is 13.2 Å². The monoisotopic (exact) mass is 332 g/mol. The molecule has 0 spiro atoms. The SMILES string of the molecule is C=CCNc1ccc(NS(=O)(=O)c2ccc(OCC)cc2)cc1. The van der Waals surface area contributed by atoms with Crippen molar-refractivity contribution in [3.8, 4) is 5.75 Å². The van der Waals surface area contributed by atoms with E-state index in [2.05, 4.69) is 16.6 Å². The highest BCUT2D eigenvalue weighted by molar-refractivity contribution is 7.92. The first-order valence-corrected chi connectivity index (χ1v) is 8.74. The lowest BCUT2D eigenvalue weighted by Crippen LogP contribution is -2.12. The molecule has 5 nitrogen and oxygen atoms in total. The second kappa shape index (κ2) is 7.69. The molecule has 0 bridgehead atoms. The molecule has 0 amide bonds. The minimum absolute atomic E-state index is 0.190. The summed E-state index contributed by atoms with van der Waals surface area (Å²) in [6.45, 7) is 6.69. The second-order valence-corrected chi connectivity index (χ2v) is 6.44. The summed E-state index contributed by atoms with van der Waals surface area (Å²) >= 11 is 0. The third kappa shape index (κ3) is 4.75. The van der Waals surface area contributed by atoms with E-state index in [0.29, 0.717) is 24.6 Å². The average Bonchev–Trinajstić information content (AvgIpc) is 2.55. The third-order valence-corrected chi connectivity index (χ3v) is 4.43. The molecule has 0 saturated carbocycles. The highest BCUT2D eigenvalue weighted by atomic mass is 32.2. The summed E-state index contributed by atoms with van der Waals surface area (Å²) in [6, 6.07) is 13.3. The van der Waals surface area contributed by atoms with Crippen LogP contribution in [0.1, 0.15) is 6.92 Å². The van der Waals surface area contributed by atoms with Gasteiger partial charge in [-0.05, 0) is 55.5 Å². The molecule has 0 aliphatic carbocycles. The molecule has 0 saturated heterocycles. The van der Waals surface area contributed by atoms with Crippen molar-refractivity contribution in [2.24, 2.45) is 0 Å². The van der Waals surface area contributed by atoms with Crippen LogP contribution in [0.15, 0.2) is 66.1 Å². The molecule has 2 N–H and O–H groups in total. The summed E-state index contributed by atoms with van der Waals surface area (Å²) in [4.78, 5) is 0.190. The third-order valence-electron chi connectivity index (χ3n) is 3.03. The number of nitrogens with one attached hydrogen (secondary N) is 2. The van der Waals surface area contributed by atoms with Gasteiger partial charge in [-0.2, -0.15) is 0 Å². The van der Waals surface area contributed by atoms with Gasteiger partial charge in [0.2, 0.25) is 0 Å². The number of rotatable bonds is 8. The molecule has 23 heavy (non-hydrogen) atoms. The normalized spacial score (nSPS) is 10.8. The van der Waals surface area contributed by atoms with Gasteiger partial charge in [-0.3, -0.25) is 4.72 Å². The van der Waals surface area contributed by atoms with Crippen LogP contribution in [0.3, 0.4) is 0 Å². The van der Waals surface area contributed by atoms with Gasteiger partial charge >= 0.3 is 0 Å². The van der Waals surface area contributed by atoms with E-state index >= 15 is 0 Å². The molecule has 0 aliphatic heterocycles. The molecule has 0 heterocycles. The van der Waals surface area contributed by atoms with E-state index in [0.717, 1.165) is 5.69 Å². The molecule has 0 radical (unpaired) electrons. The molecule has 2 rings (SSSR count). The van der Waals surface area contributed by atoms with Crippen LogP contribution in [-0.4, -0.2) is 21.6 Å². The van der Waals surface area contributed by atoms with Crippen LogP contribution in [0, 0.1) is 0 Å². The largest absolute Gasteiger partial charge is 0.494 e. The van der Waals surface area contributed by atoms with Crippen molar-refractivity contribution >= 4 is 21.4 Å². The van der Waals surface area contributed by atoms with Gasteiger partial charge in [-0.25, -0.2) is 8.42 Å². The van der Waals surface area contributed by atoms with Gasteiger partial charge in [0.05, 0.1) is 11.5 Å². The zero-order valence-corrected chi connectivity index (χ0v) is 13.8. The van der Waals surface area contributed by atoms with Gasteiger partial charge in [-0.15, -0.1) is 6.58 Å². The molecular formula is C17H20N2O3S. The van der Waals surface area contributed by atoms with E-state index in [4.69, 9.17) is 4.74 Å². The van der Waals surface area contributed by atoms with Crippen molar-refractivity contribution in [2.45, 2.75) is 11.8 Å². The summed E-state index contributed by atoms with van der Waals surface area (Å²) in [6.07, 6.45) is 1.75. The van der Waals surface area contributed by atoms with Crippen LogP contribution in [0.25, 0.3) is 0 Å². The van der Waals surface area contributed by atoms with E-state index in [1.807, 2.05) is 6.92 Å². The quantitative estimate of drug-likeness (QED) is 0.726. The van der Waals surface area contributed by atoms with Crippen molar-refractivity contribution in [1.29, 1.82) is 0 Å². The second-order valence-electron chi connectivity index (χ2n) is 4.76. The Balaban J connectivity index is 2.09. The van der Waals surface area contributed by atoms with Crippen LogP contribution in [0.5, 0.6) is 5.75 Å². The lowest BCUT2D eigenvalue weighted by Gasteiger charge is -2.10. The minimum atomic E-state index is -3.62. The number of ether oxygens (including phenoxy) is 1. The van der Waals surface area contributed by atoms with Crippen molar-refractivity contribution in [3.05, 3.63) is 61.2 Å². The molecule has 0 atom stereocenters. The zero-order chi connectivity index (χ0) is 16.7. The smallest absolute Gasteiger partial charge is 0.261 e. The Hall–Kier alpha value is -2.47. The molecule has 6 heteroatoms. The van der Waals surface area contributed by atoms with Crippen molar-refractivity contribution in [2.75, 3.05) is 23.2 Å². The summed E-state index contributed by atoms with van der Waals surface area (Å²) in [7, 11) is -3.62. The van der Waals surface area contributed by atoms with Crippen LogP contribution >= 0.6 is 0 Å². The fraction of sp³-hybridized carbons (Fsp3) is 0.176. The number of anilines is 2.